The number of hydrogen-bond donors (Lipinski definition) is 1. The van der Waals surface area contributed by atoms with Crippen LogP contribution in [0.15, 0.2) is 21.6 Å². The van der Waals surface area contributed by atoms with E-state index in [1.807, 2.05) is 0 Å². The number of rotatable bonds is 4. The Morgan fingerprint density at radius 3 is 2.45 bits per heavy atom. The van der Waals surface area contributed by atoms with Crippen molar-refractivity contribution in [2.24, 2.45) is 5.14 Å². The maximum Gasteiger partial charge on any atom is 0.258 e. The second-order valence-corrected chi connectivity index (χ2v) is 7.13. The predicted octanol–water partition coefficient (Wildman–Crippen LogP) is 1.88. The van der Waals surface area contributed by atoms with Crippen LogP contribution < -0.4 is 5.14 Å². The number of nitrogens with two attached hydrogens (primary N) is 1. The zero-order valence-electron chi connectivity index (χ0n) is 13.2. The van der Waals surface area contributed by atoms with Gasteiger partial charge in [-0.2, -0.15) is 4.98 Å². The van der Waals surface area contributed by atoms with E-state index < -0.39 is 15.6 Å². The number of benzene rings is 1. The van der Waals surface area contributed by atoms with E-state index in [0.29, 0.717) is 17.0 Å². The molecule has 0 amide bonds. The summed E-state index contributed by atoms with van der Waals surface area (Å²) in [5.74, 6) is 0.591. The van der Waals surface area contributed by atoms with Crippen LogP contribution in [0.4, 0.5) is 0 Å². The van der Waals surface area contributed by atoms with Crippen molar-refractivity contribution in [2.75, 3.05) is 7.11 Å². The van der Waals surface area contributed by atoms with Gasteiger partial charge in [0.25, 0.3) is 5.89 Å². The number of hydrogen-bond acceptors (Lipinski definition) is 6. The van der Waals surface area contributed by atoms with Crippen LogP contribution in [0.2, 0.25) is 0 Å². The molecular weight excluding hydrogens is 306 g/mol. The van der Waals surface area contributed by atoms with E-state index in [0.717, 1.165) is 5.56 Å². The Morgan fingerprint density at radius 2 is 1.91 bits per heavy atom. The summed E-state index contributed by atoms with van der Waals surface area (Å²) in [5.41, 5.74) is 1.16. The van der Waals surface area contributed by atoms with E-state index in [1.54, 1.807) is 40.9 Å². The maximum atomic E-state index is 11.7. The molecule has 7 nitrogen and oxygen atoms in total. The lowest BCUT2D eigenvalue weighted by Gasteiger charge is -2.17. The van der Waals surface area contributed by atoms with Gasteiger partial charge < -0.3 is 9.26 Å². The fourth-order valence-corrected chi connectivity index (χ4v) is 2.80. The third-order valence-corrected chi connectivity index (χ3v) is 4.69. The average molecular weight is 325 g/mol. The van der Waals surface area contributed by atoms with E-state index in [1.165, 1.54) is 6.07 Å². The third-order valence-electron chi connectivity index (χ3n) is 3.65. The summed E-state index contributed by atoms with van der Waals surface area (Å²) in [5, 5.41) is 9.14. The van der Waals surface area contributed by atoms with Crippen molar-refractivity contribution in [3.05, 3.63) is 29.1 Å². The first-order valence-electron chi connectivity index (χ1n) is 6.60. The molecule has 0 atom stereocenters. The smallest absolute Gasteiger partial charge is 0.258 e. The van der Waals surface area contributed by atoms with Crippen molar-refractivity contribution in [1.82, 2.24) is 10.1 Å². The summed E-state index contributed by atoms with van der Waals surface area (Å²) < 4.78 is 33.9. The van der Waals surface area contributed by atoms with Crippen molar-refractivity contribution < 1.29 is 17.7 Å². The first-order valence-corrected chi connectivity index (χ1v) is 8.14. The maximum absolute atomic E-state index is 11.7. The van der Waals surface area contributed by atoms with Gasteiger partial charge in [-0.25, -0.2) is 13.6 Å². The van der Waals surface area contributed by atoms with E-state index in [4.69, 9.17) is 14.4 Å². The quantitative estimate of drug-likeness (QED) is 0.919. The second-order valence-electron chi connectivity index (χ2n) is 5.60. The molecule has 1 aromatic carbocycles. The first-order chi connectivity index (χ1) is 10.1. The topological polar surface area (TPSA) is 108 Å². The Labute approximate surface area is 129 Å². The molecule has 120 valence electrons. The lowest BCUT2D eigenvalue weighted by atomic mass is 10.1. The molecule has 0 spiro atoms. The molecule has 2 aromatic rings. The van der Waals surface area contributed by atoms with E-state index in [9.17, 15) is 8.42 Å². The summed E-state index contributed by atoms with van der Waals surface area (Å²) in [6, 6.07) is 3.22. The highest BCUT2D eigenvalue weighted by molar-refractivity contribution is 7.89. The molecule has 1 heterocycles. The second kappa shape index (κ2) is 5.45. The summed E-state index contributed by atoms with van der Waals surface area (Å²) in [4.78, 5) is 4.33. The summed E-state index contributed by atoms with van der Waals surface area (Å²) in [6.45, 7) is 7.10. The molecule has 8 heteroatoms. The van der Waals surface area contributed by atoms with Crippen LogP contribution in [-0.2, 0) is 20.4 Å². The lowest BCUT2D eigenvalue weighted by Crippen LogP contribution is -2.21. The van der Waals surface area contributed by atoms with Crippen molar-refractivity contribution in [3.63, 3.8) is 0 Å². The highest BCUT2D eigenvalue weighted by Gasteiger charge is 2.27. The van der Waals surface area contributed by atoms with Gasteiger partial charge in [-0.15, -0.1) is 0 Å². The van der Waals surface area contributed by atoms with Crippen LogP contribution >= 0.6 is 0 Å². The highest BCUT2D eigenvalue weighted by atomic mass is 32.2. The molecule has 0 fully saturated rings. The minimum absolute atomic E-state index is 0.0493. The largest absolute Gasteiger partial charge is 0.371 e. The number of nitrogens with zero attached hydrogens (tertiary/aromatic N) is 2. The van der Waals surface area contributed by atoms with Crippen LogP contribution in [0.5, 0.6) is 0 Å². The SMILES string of the molecule is COC(C)(C)c1noc(-c2cc(C)c(C)c(S(N)(=O)=O)c2)n1. The van der Waals surface area contributed by atoms with Crippen LogP contribution in [0.25, 0.3) is 11.5 Å². The van der Waals surface area contributed by atoms with Gasteiger partial charge >= 0.3 is 0 Å². The molecule has 2 rings (SSSR count). The normalized spacial score (nSPS) is 12.6. The Morgan fingerprint density at radius 1 is 1.27 bits per heavy atom. The number of ether oxygens (including phenoxy) is 1. The van der Waals surface area contributed by atoms with Gasteiger partial charge in [0.2, 0.25) is 15.8 Å². The van der Waals surface area contributed by atoms with E-state index in [2.05, 4.69) is 10.1 Å². The average Bonchev–Trinajstić information content (AvgIpc) is 2.90. The third kappa shape index (κ3) is 3.03. The van der Waals surface area contributed by atoms with Gasteiger partial charge in [-0.05, 0) is 51.0 Å². The number of primary sulfonamides is 1. The Hall–Kier alpha value is -1.77. The monoisotopic (exact) mass is 325 g/mol. The molecule has 1 aromatic heterocycles. The molecule has 0 saturated carbocycles. The molecule has 0 aliphatic carbocycles. The number of aromatic nitrogens is 2. The van der Waals surface area contributed by atoms with Gasteiger partial charge in [0.05, 0.1) is 4.90 Å². The van der Waals surface area contributed by atoms with Gasteiger partial charge in [-0.1, -0.05) is 5.16 Å². The first kappa shape index (κ1) is 16.6. The minimum atomic E-state index is -3.83. The zero-order chi connectivity index (χ0) is 16.7. The lowest BCUT2D eigenvalue weighted by molar-refractivity contribution is 0.00973. The number of aryl methyl sites for hydroxylation is 1. The Balaban J connectivity index is 2.58. The van der Waals surface area contributed by atoms with Crippen molar-refractivity contribution in [1.29, 1.82) is 0 Å². The van der Waals surface area contributed by atoms with Gasteiger partial charge in [-0.3, -0.25) is 0 Å². The summed E-state index contributed by atoms with van der Waals surface area (Å²) in [7, 11) is -2.28. The van der Waals surface area contributed by atoms with E-state index >= 15 is 0 Å². The van der Waals surface area contributed by atoms with Crippen molar-refractivity contribution in [3.8, 4) is 11.5 Å². The molecule has 2 N–H and O–H groups in total. The molecule has 0 radical (unpaired) electrons. The van der Waals surface area contributed by atoms with Crippen LogP contribution in [-0.4, -0.2) is 25.7 Å². The summed E-state index contributed by atoms with van der Waals surface area (Å²) >= 11 is 0. The fourth-order valence-electron chi connectivity index (χ4n) is 1.92. The molecule has 0 saturated heterocycles. The summed E-state index contributed by atoms with van der Waals surface area (Å²) in [6.07, 6.45) is 0. The molecule has 0 aliphatic heterocycles. The Bertz CT molecular complexity index is 809. The highest BCUT2D eigenvalue weighted by Crippen LogP contribution is 2.28. The van der Waals surface area contributed by atoms with Gasteiger partial charge in [0.15, 0.2) is 0 Å². The molecular formula is C14H19N3O4S. The standard InChI is InChI=1S/C14H19N3O4S/c1-8-6-10(7-11(9(8)2)22(15,18)19)12-16-13(17-21-12)14(3,4)20-5/h6-7H,1-5H3,(H2,15,18,19). The van der Waals surface area contributed by atoms with Crippen LogP contribution in [0, 0.1) is 13.8 Å². The van der Waals surface area contributed by atoms with Crippen LogP contribution in [0.1, 0.15) is 30.8 Å². The molecule has 0 aliphatic rings. The van der Waals surface area contributed by atoms with Crippen molar-refractivity contribution in [2.45, 2.75) is 38.2 Å². The molecule has 0 unspecified atom stereocenters. The number of methoxy groups -OCH3 is 1. The van der Waals surface area contributed by atoms with Crippen LogP contribution in [0.3, 0.4) is 0 Å². The predicted molar refractivity (Wildman–Crippen MR) is 80.6 cm³/mol. The molecule has 0 bridgehead atoms. The van der Waals surface area contributed by atoms with Crippen molar-refractivity contribution >= 4 is 10.0 Å². The zero-order valence-corrected chi connectivity index (χ0v) is 14.0. The van der Waals surface area contributed by atoms with E-state index in [-0.39, 0.29) is 10.8 Å². The van der Waals surface area contributed by atoms with Gasteiger partial charge in [0, 0.05) is 12.7 Å². The fraction of sp³-hybridized carbons (Fsp3) is 0.429. The number of sulfonamides is 1. The van der Waals surface area contributed by atoms with Gasteiger partial charge in [0.1, 0.15) is 5.60 Å². The minimum Gasteiger partial charge on any atom is -0.371 e. The Kier molecular flexibility index (Phi) is 4.12. The molecule has 22 heavy (non-hydrogen) atoms.